The first kappa shape index (κ1) is 25.6. The molecular weight excluding hydrogens is 464 g/mol. The molecule has 0 aromatic heterocycles. The second-order valence-corrected chi connectivity index (χ2v) is 8.65. The smallest absolute Gasteiger partial charge is 0.331 e. The fourth-order valence-electron chi connectivity index (χ4n) is 3.88. The summed E-state index contributed by atoms with van der Waals surface area (Å²) in [5.74, 6) is 0.207. The zero-order valence-electron chi connectivity index (χ0n) is 20.1. The van der Waals surface area contributed by atoms with Gasteiger partial charge in [0, 0.05) is 18.9 Å². The Balaban J connectivity index is 1.34. The number of aromatic hydroxyl groups is 2. The molecule has 2 aliphatic rings. The van der Waals surface area contributed by atoms with Gasteiger partial charge in [-0.1, -0.05) is 18.2 Å². The summed E-state index contributed by atoms with van der Waals surface area (Å²) in [5, 5.41) is 18.9. The Hall–Kier alpha value is -3.49. The van der Waals surface area contributed by atoms with Crippen molar-refractivity contribution in [1.82, 2.24) is 0 Å². The minimum Gasteiger partial charge on any atom is -0.504 e. The first-order valence-electron chi connectivity index (χ1n) is 12.3. The molecule has 0 spiro atoms. The topological polar surface area (TPSA) is 104 Å². The summed E-state index contributed by atoms with van der Waals surface area (Å²) >= 11 is 0. The Morgan fingerprint density at radius 1 is 0.833 bits per heavy atom. The molecule has 0 saturated carbocycles. The van der Waals surface area contributed by atoms with Crippen molar-refractivity contribution in [2.24, 2.45) is 0 Å². The lowest BCUT2D eigenvalue weighted by molar-refractivity contribution is -0.136. The van der Waals surface area contributed by atoms with Crippen LogP contribution in [0.25, 0.3) is 12.2 Å². The van der Waals surface area contributed by atoms with Gasteiger partial charge in [-0.3, -0.25) is 0 Å². The van der Waals surface area contributed by atoms with Crippen LogP contribution in [0.3, 0.4) is 0 Å². The van der Waals surface area contributed by atoms with Gasteiger partial charge in [0.25, 0.3) is 0 Å². The summed E-state index contributed by atoms with van der Waals surface area (Å²) in [5.41, 5.74) is 1.43. The van der Waals surface area contributed by atoms with Gasteiger partial charge in [-0.2, -0.15) is 0 Å². The van der Waals surface area contributed by atoms with Gasteiger partial charge in [-0.25, -0.2) is 4.79 Å². The van der Waals surface area contributed by atoms with Crippen LogP contribution in [-0.2, 0) is 19.0 Å². The second-order valence-electron chi connectivity index (χ2n) is 8.65. The number of ether oxygens (including phenoxy) is 5. The highest BCUT2D eigenvalue weighted by Crippen LogP contribution is 2.33. The van der Waals surface area contributed by atoms with E-state index in [2.05, 4.69) is 0 Å². The van der Waals surface area contributed by atoms with Crippen LogP contribution in [0.4, 0.5) is 0 Å². The van der Waals surface area contributed by atoms with Crippen LogP contribution >= 0.6 is 0 Å². The number of esters is 1. The van der Waals surface area contributed by atoms with Crippen LogP contribution in [0.1, 0.15) is 49.7 Å². The predicted octanol–water partition coefficient (Wildman–Crippen LogP) is 5.18. The van der Waals surface area contributed by atoms with Gasteiger partial charge in [0.05, 0.1) is 13.2 Å². The minimum absolute atomic E-state index is 0.0834. The molecule has 2 heterocycles. The van der Waals surface area contributed by atoms with E-state index in [0.717, 1.165) is 44.1 Å². The average molecular weight is 497 g/mol. The first-order chi connectivity index (χ1) is 17.6. The monoisotopic (exact) mass is 496 g/mol. The second kappa shape index (κ2) is 13.0. The Labute approximate surface area is 210 Å². The van der Waals surface area contributed by atoms with E-state index in [1.54, 1.807) is 12.1 Å². The SMILES string of the molecule is O=C(/C=C/c1ccc(O)c(O)c1)OCC=Cc1ccc(OC2CCCCO2)c(OC2CCCCO2)c1. The number of carbonyl (C=O) groups excluding carboxylic acids is 1. The van der Waals surface area contributed by atoms with Crippen molar-refractivity contribution in [2.45, 2.75) is 51.1 Å². The molecule has 2 saturated heterocycles. The number of phenolic OH excluding ortho intramolecular Hbond substituents is 2. The average Bonchev–Trinajstić information content (AvgIpc) is 2.90. The molecule has 2 atom stereocenters. The summed E-state index contributed by atoms with van der Waals surface area (Å²) in [4.78, 5) is 12.0. The lowest BCUT2D eigenvalue weighted by atomic mass is 10.1. The van der Waals surface area contributed by atoms with Crippen LogP contribution in [0, 0.1) is 0 Å². The number of rotatable bonds is 9. The standard InChI is InChI=1S/C28H32O8/c29-22-12-9-21(18-23(22)30)11-14-26(31)32-17-5-6-20-10-13-24(35-27-7-1-3-15-33-27)25(19-20)36-28-8-2-4-16-34-28/h5-6,9-14,18-19,27-30H,1-4,7-8,15-17H2/b6-5?,14-11+. The first-order valence-corrected chi connectivity index (χ1v) is 12.3. The molecule has 0 bridgehead atoms. The fraction of sp³-hybridized carbons (Fsp3) is 0.393. The van der Waals surface area contributed by atoms with Gasteiger partial charge < -0.3 is 33.9 Å². The van der Waals surface area contributed by atoms with Crippen LogP contribution in [0.5, 0.6) is 23.0 Å². The van der Waals surface area contributed by atoms with E-state index in [0.29, 0.717) is 30.3 Å². The van der Waals surface area contributed by atoms with Gasteiger partial charge in [0.15, 0.2) is 35.6 Å². The van der Waals surface area contributed by atoms with E-state index in [1.165, 1.54) is 24.3 Å². The third-order valence-electron chi connectivity index (χ3n) is 5.80. The van der Waals surface area contributed by atoms with E-state index in [9.17, 15) is 15.0 Å². The van der Waals surface area contributed by atoms with E-state index >= 15 is 0 Å². The molecule has 0 aliphatic carbocycles. The minimum atomic E-state index is -0.526. The van der Waals surface area contributed by atoms with Crippen molar-refractivity contribution < 1.29 is 38.7 Å². The number of carbonyl (C=O) groups is 1. The molecule has 8 heteroatoms. The fourth-order valence-corrected chi connectivity index (χ4v) is 3.88. The third kappa shape index (κ3) is 7.76. The molecule has 36 heavy (non-hydrogen) atoms. The molecule has 192 valence electrons. The molecule has 4 rings (SSSR count). The third-order valence-corrected chi connectivity index (χ3v) is 5.80. The predicted molar refractivity (Wildman–Crippen MR) is 134 cm³/mol. The van der Waals surface area contributed by atoms with Crippen molar-refractivity contribution in [3.8, 4) is 23.0 Å². The normalized spacial score (nSPS) is 20.4. The van der Waals surface area contributed by atoms with Gasteiger partial charge >= 0.3 is 5.97 Å². The number of hydrogen-bond acceptors (Lipinski definition) is 8. The maximum Gasteiger partial charge on any atom is 0.331 e. The van der Waals surface area contributed by atoms with Gasteiger partial charge in [0.2, 0.25) is 0 Å². The summed E-state index contributed by atoms with van der Waals surface area (Å²) in [7, 11) is 0. The van der Waals surface area contributed by atoms with Crippen molar-refractivity contribution in [3.63, 3.8) is 0 Å². The van der Waals surface area contributed by atoms with E-state index in [-0.39, 0.29) is 30.7 Å². The highest BCUT2D eigenvalue weighted by atomic mass is 16.7. The zero-order chi connectivity index (χ0) is 25.2. The molecule has 0 amide bonds. The van der Waals surface area contributed by atoms with Gasteiger partial charge in [0.1, 0.15) is 6.61 Å². The molecule has 2 aromatic rings. The molecule has 2 unspecified atom stereocenters. The molecule has 0 radical (unpaired) electrons. The number of benzene rings is 2. The maximum absolute atomic E-state index is 12.0. The summed E-state index contributed by atoms with van der Waals surface area (Å²) in [6.07, 6.45) is 11.6. The van der Waals surface area contributed by atoms with Crippen molar-refractivity contribution in [2.75, 3.05) is 19.8 Å². The molecule has 2 fully saturated rings. The van der Waals surface area contributed by atoms with Crippen LogP contribution in [0.2, 0.25) is 0 Å². The molecular formula is C28H32O8. The summed E-state index contributed by atoms with van der Waals surface area (Å²) in [6, 6.07) is 9.92. The summed E-state index contributed by atoms with van der Waals surface area (Å²) in [6.45, 7) is 1.46. The largest absolute Gasteiger partial charge is 0.504 e. The number of phenols is 2. The van der Waals surface area contributed by atoms with Crippen LogP contribution in [-0.4, -0.2) is 48.6 Å². The van der Waals surface area contributed by atoms with Crippen LogP contribution < -0.4 is 9.47 Å². The maximum atomic E-state index is 12.0. The Morgan fingerprint density at radius 3 is 2.17 bits per heavy atom. The van der Waals surface area contributed by atoms with E-state index in [4.69, 9.17) is 23.7 Å². The highest BCUT2D eigenvalue weighted by Gasteiger charge is 2.21. The highest BCUT2D eigenvalue weighted by molar-refractivity contribution is 5.87. The molecule has 2 aliphatic heterocycles. The van der Waals surface area contributed by atoms with Crippen molar-refractivity contribution in [1.29, 1.82) is 0 Å². The van der Waals surface area contributed by atoms with Gasteiger partial charge in [-0.15, -0.1) is 0 Å². The van der Waals surface area contributed by atoms with Crippen LogP contribution in [0.15, 0.2) is 48.6 Å². The molecule has 2 aromatic carbocycles. The van der Waals surface area contributed by atoms with E-state index < -0.39 is 5.97 Å². The molecule has 8 nitrogen and oxygen atoms in total. The van der Waals surface area contributed by atoms with Gasteiger partial charge in [-0.05, 0) is 73.2 Å². The zero-order valence-corrected chi connectivity index (χ0v) is 20.1. The van der Waals surface area contributed by atoms with Crippen molar-refractivity contribution in [3.05, 3.63) is 59.7 Å². The van der Waals surface area contributed by atoms with E-state index in [1.807, 2.05) is 24.3 Å². The van der Waals surface area contributed by atoms with Crippen molar-refractivity contribution >= 4 is 18.1 Å². The molecule has 2 N–H and O–H groups in total. The Morgan fingerprint density at radius 2 is 1.50 bits per heavy atom. The quantitative estimate of drug-likeness (QED) is 0.278. The summed E-state index contributed by atoms with van der Waals surface area (Å²) < 4.78 is 28.9. The lowest BCUT2D eigenvalue weighted by Gasteiger charge is -2.27. The Kier molecular flexibility index (Phi) is 9.24. The lowest BCUT2D eigenvalue weighted by Crippen LogP contribution is -2.27. The number of hydrogen-bond donors (Lipinski definition) is 2. The Bertz CT molecular complexity index is 1070.